The number of benzene rings is 3. The Balaban J connectivity index is 1.74. The van der Waals surface area contributed by atoms with Crippen molar-refractivity contribution < 1.29 is 4.74 Å². The van der Waals surface area contributed by atoms with Gasteiger partial charge in [-0.25, -0.2) is 0 Å². The summed E-state index contributed by atoms with van der Waals surface area (Å²) in [5.74, 6) is 0.911. The molecule has 0 aliphatic rings. The van der Waals surface area contributed by atoms with E-state index >= 15 is 0 Å². The molecule has 0 N–H and O–H groups in total. The Morgan fingerprint density at radius 3 is 2.25 bits per heavy atom. The lowest BCUT2D eigenvalue weighted by Gasteiger charge is -2.26. The van der Waals surface area contributed by atoms with E-state index in [-0.39, 0.29) is 0 Å². The number of hydrogen-bond donors (Lipinski definition) is 0. The molecular weight excluding hydrogens is 342 g/mol. The lowest BCUT2D eigenvalue weighted by atomic mass is 10.0. The summed E-state index contributed by atoms with van der Waals surface area (Å²) in [6.45, 7) is 4.29. The smallest absolute Gasteiger partial charge is 0.119 e. The summed E-state index contributed by atoms with van der Waals surface area (Å²) in [6, 6.07) is 23.8. The van der Waals surface area contributed by atoms with Crippen LogP contribution in [0.3, 0.4) is 0 Å². The Kier molecular flexibility index (Phi) is 7.78. The van der Waals surface area contributed by atoms with Gasteiger partial charge in [0, 0.05) is 18.8 Å². The predicted octanol–water partition coefficient (Wildman–Crippen LogP) is 7.22. The van der Waals surface area contributed by atoms with Gasteiger partial charge in [-0.3, -0.25) is 0 Å². The topological polar surface area (TPSA) is 12.5 Å². The molecule has 0 aliphatic carbocycles. The molecule has 3 rings (SSSR count). The number of methoxy groups -OCH3 is 1. The fourth-order valence-corrected chi connectivity index (χ4v) is 3.81. The van der Waals surface area contributed by atoms with Crippen LogP contribution in [-0.2, 0) is 6.54 Å². The van der Waals surface area contributed by atoms with Crippen molar-refractivity contribution in [2.45, 2.75) is 52.0 Å². The molecule has 28 heavy (non-hydrogen) atoms. The number of anilines is 1. The van der Waals surface area contributed by atoms with Gasteiger partial charge in [-0.15, -0.1) is 0 Å². The van der Waals surface area contributed by atoms with E-state index in [1.807, 2.05) is 0 Å². The van der Waals surface area contributed by atoms with Crippen LogP contribution in [0.5, 0.6) is 5.75 Å². The minimum absolute atomic E-state index is 0.911. The van der Waals surface area contributed by atoms with Gasteiger partial charge in [-0.1, -0.05) is 81.5 Å². The molecule has 0 atom stereocenters. The first-order chi connectivity index (χ1) is 13.8. The van der Waals surface area contributed by atoms with Crippen molar-refractivity contribution in [1.29, 1.82) is 0 Å². The van der Waals surface area contributed by atoms with E-state index in [0.717, 1.165) is 18.8 Å². The second kappa shape index (κ2) is 10.8. The Hall–Kier alpha value is -2.48. The van der Waals surface area contributed by atoms with E-state index in [1.54, 1.807) is 7.11 Å². The van der Waals surface area contributed by atoms with Crippen LogP contribution in [0.15, 0.2) is 66.7 Å². The van der Waals surface area contributed by atoms with Crippen molar-refractivity contribution in [3.63, 3.8) is 0 Å². The highest BCUT2D eigenvalue weighted by atomic mass is 16.5. The second-order valence-electron chi connectivity index (χ2n) is 7.53. The first kappa shape index (κ1) is 20.3. The number of fused-ring (bicyclic) bond motifs is 1. The van der Waals surface area contributed by atoms with E-state index in [0.29, 0.717) is 0 Å². The van der Waals surface area contributed by atoms with E-state index in [2.05, 4.69) is 78.6 Å². The van der Waals surface area contributed by atoms with Gasteiger partial charge in [0.1, 0.15) is 5.75 Å². The summed E-state index contributed by atoms with van der Waals surface area (Å²) in [5, 5.41) is 2.67. The predicted molar refractivity (Wildman–Crippen MR) is 121 cm³/mol. The Morgan fingerprint density at radius 2 is 1.46 bits per heavy atom. The Labute approximate surface area is 170 Å². The summed E-state index contributed by atoms with van der Waals surface area (Å²) in [4.78, 5) is 2.51. The summed E-state index contributed by atoms with van der Waals surface area (Å²) < 4.78 is 5.34. The average Bonchev–Trinajstić information content (AvgIpc) is 2.75. The van der Waals surface area contributed by atoms with Gasteiger partial charge in [0.05, 0.1) is 7.11 Å². The molecular formula is C26H33NO. The molecule has 2 nitrogen and oxygen atoms in total. The molecule has 3 aromatic rings. The van der Waals surface area contributed by atoms with Crippen molar-refractivity contribution in [2.75, 3.05) is 18.6 Å². The average molecular weight is 376 g/mol. The van der Waals surface area contributed by atoms with Gasteiger partial charge >= 0.3 is 0 Å². The van der Waals surface area contributed by atoms with Crippen LogP contribution >= 0.6 is 0 Å². The third-order valence-electron chi connectivity index (χ3n) is 5.46. The zero-order valence-electron chi connectivity index (χ0n) is 17.4. The molecule has 3 aromatic carbocycles. The normalized spacial score (nSPS) is 10.9. The van der Waals surface area contributed by atoms with Gasteiger partial charge in [0.2, 0.25) is 0 Å². The minimum Gasteiger partial charge on any atom is -0.497 e. The van der Waals surface area contributed by atoms with Crippen molar-refractivity contribution in [3.8, 4) is 5.75 Å². The van der Waals surface area contributed by atoms with E-state index < -0.39 is 0 Å². The monoisotopic (exact) mass is 375 g/mol. The molecule has 0 fully saturated rings. The SMILES string of the molecule is CCCCCCCCN(Cc1cccc2ccccc12)c1ccc(OC)cc1. The first-order valence-electron chi connectivity index (χ1n) is 10.7. The summed E-state index contributed by atoms with van der Waals surface area (Å²) in [7, 11) is 1.72. The van der Waals surface area contributed by atoms with Crippen LogP contribution in [0.25, 0.3) is 10.8 Å². The molecule has 0 unspecified atom stereocenters. The summed E-state index contributed by atoms with van der Waals surface area (Å²) in [6.07, 6.45) is 7.92. The molecule has 0 saturated carbocycles. The quantitative estimate of drug-likeness (QED) is 0.328. The third kappa shape index (κ3) is 5.51. The molecule has 0 saturated heterocycles. The number of rotatable bonds is 11. The molecule has 0 aliphatic heterocycles. The largest absolute Gasteiger partial charge is 0.497 e. The van der Waals surface area contributed by atoms with Crippen LogP contribution in [0.4, 0.5) is 5.69 Å². The fraction of sp³-hybridized carbons (Fsp3) is 0.385. The number of nitrogens with zero attached hydrogens (tertiary/aromatic N) is 1. The molecule has 0 radical (unpaired) electrons. The fourth-order valence-electron chi connectivity index (χ4n) is 3.81. The molecule has 0 aromatic heterocycles. The zero-order valence-corrected chi connectivity index (χ0v) is 17.4. The lowest BCUT2D eigenvalue weighted by Crippen LogP contribution is -2.24. The van der Waals surface area contributed by atoms with Gasteiger partial charge in [0.25, 0.3) is 0 Å². The maximum absolute atomic E-state index is 5.34. The number of unbranched alkanes of at least 4 members (excludes halogenated alkanes) is 5. The molecule has 0 spiro atoms. The highest BCUT2D eigenvalue weighted by Crippen LogP contribution is 2.25. The van der Waals surface area contributed by atoms with Crippen molar-refractivity contribution in [3.05, 3.63) is 72.3 Å². The zero-order chi connectivity index (χ0) is 19.6. The second-order valence-corrected chi connectivity index (χ2v) is 7.53. The lowest BCUT2D eigenvalue weighted by molar-refractivity contribution is 0.415. The van der Waals surface area contributed by atoms with Crippen molar-refractivity contribution in [2.24, 2.45) is 0 Å². The van der Waals surface area contributed by atoms with Gasteiger partial charge in [0.15, 0.2) is 0 Å². The molecule has 2 heteroatoms. The molecule has 0 amide bonds. The van der Waals surface area contributed by atoms with E-state index in [9.17, 15) is 0 Å². The van der Waals surface area contributed by atoms with Gasteiger partial charge < -0.3 is 9.64 Å². The van der Waals surface area contributed by atoms with Crippen molar-refractivity contribution in [1.82, 2.24) is 0 Å². The maximum atomic E-state index is 5.34. The minimum atomic E-state index is 0.911. The highest BCUT2D eigenvalue weighted by molar-refractivity contribution is 5.85. The van der Waals surface area contributed by atoms with Crippen LogP contribution in [0.1, 0.15) is 51.0 Å². The third-order valence-corrected chi connectivity index (χ3v) is 5.46. The van der Waals surface area contributed by atoms with Gasteiger partial charge in [-0.2, -0.15) is 0 Å². The Bertz CT molecular complexity index is 835. The van der Waals surface area contributed by atoms with Crippen LogP contribution in [0, 0.1) is 0 Å². The standard InChI is InChI=1S/C26H33NO/c1-3-4-5-6-7-10-20-27(24-16-18-25(28-2)19-17-24)21-23-14-11-13-22-12-8-9-15-26(22)23/h8-9,11-19H,3-7,10,20-21H2,1-2H3. The van der Waals surface area contributed by atoms with E-state index in [1.165, 1.54) is 60.5 Å². The molecule has 148 valence electrons. The first-order valence-corrected chi connectivity index (χ1v) is 10.7. The van der Waals surface area contributed by atoms with Crippen LogP contribution < -0.4 is 9.64 Å². The number of hydrogen-bond acceptors (Lipinski definition) is 2. The molecule has 0 bridgehead atoms. The summed E-state index contributed by atoms with van der Waals surface area (Å²) in [5.41, 5.74) is 2.65. The summed E-state index contributed by atoms with van der Waals surface area (Å²) >= 11 is 0. The molecule has 0 heterocycles. The number of ether oxygens (including phenoxy) is 1. The van der Waals surface area contributed by atoms with Gasteiger partial charge in [-0.05, 0) is 47.0 Å². The van der Waals surface area contributed by atoms with E-state index in [4.69, 9.17) is 4.74 Å². The van der Waals surface area contributed by atoms with Crippen LogP contribution in [0.2, 0.25) is 0 Å². The Morgan fingerprint density at radius 1 is 0.750 bits per heavy atom. The van der Waals surface area contributed by atoms with Crippen LogP contribution in [-0.4, -0.2) is 13.7 Å². The van der Waals surface area contributed by atoms with Crippen molar-refractivity contribution >= 4 is 16.5 Å². The maximum Gasteiger partial charge on any atom is 0.119 e. The highest BCUT2D eigenvalue weighted by Gasteiger charge is 2.10.